The van der Waals surface area contributed by atoms with E-state index < -0.39 is 0 Å². The van der Waals surface area contributed by atoms with Gasteiger partial charge in [-0.2, -0.15) is 0 Å². The highest BCUT2D eigenvalue weighted by molar-refractivity contribution is 5.28. The largest absolute Gasteiger partial charge is 0.472 e. The Morgan fingerprint density at radius 2 is 1.92 bits per heavy atom. The van der Waals surface area contributed by atoms with Crippen molar-refractivity contribution >= 4 is 0 Å². The van der Waals surface area contributed by atoms with E-state index in [-0.39, 0.29) is 5.41 Å². The monoisotopic (exact) mass is 166 g/mol. The van der Waals surface area contributed by atoms with Crippen molar-refractivity contribution in [1.82, 2.24) is 0 Å². The second kappa shape index (κ2) is 3.34. The molecule has 0 unspecified atom stereocenters. The minimum absolute atomic E-state index is 0.262. The SMILES string of the molecule is CCc1cocc1C(C)(C)CC. The first-order valence-corrected chi connectivity index (χ1v) is 4.67. The van der Waals surface area contributed by atoms with Crippen molar-refractivity contribution in [2.24, 2.45) is 0 Å². The average molecular weight is 166 g/mol. The second-order valence-corrected chi connectivity index (χ2v) is 3.90. The summed E-state index contributed by atoms with van der Waals surface area (Å²) in [5, 5.41) is 0. The Kier molecular flexibility index (Phi) is 2.61. The molecule has 1 heterocycles. The van der Waals surface area contributed by atoms with Gasteiger partial charge in [0, 0.05) is 0 Å². The predicted octanol–water partition coefficient (Wildman–Crippen LogP) is 3.53. The number of furan rings is 1. The molecule has 1 aromatic heterocycles. The predicted molar refractivity (Wildman–Crippen MR) is 51.4 cm³/mol. The fourth-order valence-electron chi connectivity index (χ4n) is 1.38. The van der Waals surface area contributed by atoms with Gasteiger partial charge in [-0.15, -0.1) is 0 Å². The van der Waals surface area contributed by atoms with E-state index in [0.717, 1.165) is 12.8 Å². The zero-order chi connectivity index (χ0) is 9.19. The van der Waals surface area contributed by atoms with Crippen molar-refractivity contribution < 1.29 is 4.42 Å². The Labute approximate surface area is 74.8 Å². The van der Waals surface area contributed by atoms with Crippen molar-refractivity contribution in [3.63, 3.8) is 0 Å². The van der Waals surface area contributed by atoms with E-state index in [1.807, 2.05) is 12.5 Å². The molecule has 0 saturated carbocycles. The van der Waals surface area contributed by atoms with Gasteiger partial charge in [-0.05, 0) is 29.4 Å². The topological polar surface area (TPSA) is 13.1 Å². The van der Waals surface area contributed by atoms with E-state index in [2.05, 4.69) is 27.7 Å². The summed E-state index contributed by atoms with van der Waals surface area (Å²) in [7, 11) is 0. The summed E-state index contributed by atoms with van der Waals surface area (Å²) in [4.78, 5) is 0. The van der Waals surface area contributed by atoms with Gasteiger partial charge in [-0.1, -0.05) is 27.7 Å². The Balaban J connectivity index is 3.00. The summed E-state index contributed by atoms with van der Waals surface area (Å²) in [6.45, 7) is 8.90. The molecule has 0 aliphatic carbocycles. The van der Waals surface area contributed by atoms with E-state index in [4.69, 9.17) is 4.42 Å². The number of hydrogen-bond donors (Lipinski definition) is 0. The summed E-state index contributed by atoms with van der Waals surface area (Å²) in [5.74, 6) is 0. The Morgan fingerprint density at radius 1 is 1.25 bits per heavy atom. The maximum atomic E-state index is 5.22. The van der Waals surface area contributed by atoms with Crippen LogP contribution in [-0.2, 0) is 11.8 Å². The molecule has 0 aliphatic rings. The Morgan fingerprint density at radius 3 is 2.42 bits per heavy atom. The Hall–Kier alpha value is -0.720. The van der Waals surface area contributed by atoms with Crippen LogP contribution in [0.4, 0.5) is 0 Å². The van der Waals surface area contributed by atoms with Crippen molar-refractivity contribution in [2.45, 2.75) is 46.0 Å². The highest BCUT2D eigenvalue weighted by atomic mass is 16.3. The molecular weight excluding hydrogens is 148 g/mol. The van der Waals surface area contributed by atoms with Crippen LogP contribution in [0.15, 0.2) is 16.9 Å². The highest BCUT2D eigenvalue weighted by Gasteiger charge is 2.22. The molecule has 0 atom stereocenters. The molecule has 0 saturated heterocycles. The molecule has 68 valence electrons. The van der Waals surface area contributed by atoms with Crippen LogP contribution in [0.3, 0.4) is 0 Å². The molecule has 0 aromatic carbocycles. The van der Waals surface area contributed by atoms with Gasteiger partial charge in [0.1, 0.15) is 0 Å². The van der Waals surface area contributed by atoms with E-state index in [9.17, 15) is 0 Å². The van der Waals surface area contributed by atoms with Gasteiger partial charge >= 0.3 is 0 Å². The van der Waals surface area contributed by atoms with Crippen LogP contribution in [0.5, 0.6) is 0 Å². The van der Waals surface area contributed by atoms with Crippen molar-refractivity contribution in [1.29, 1.82) is 0 Å². The van der Waals surface area contributed by atoms with Crippen LogP contribution in [0.25, 0.3) is 0 Å². The lowest BCUT2D eigenvalue weighted by molar-refractivity contribution is 0.488. The molecule has 0 radical (unpaired) electrons. The third-order valence-electron chi connectivity index (χ3n) is 2.74. The molecule has 0 bridgehead atoms. The van der Waals surface area contributed by atoms with Crippen LogP contribution in [0.1, 0.15) is 45.2 Å². The van der Waals surface area contributed by atoms with Gasteiger partial charge in [0.05, 0.1) is 12.5 Å². The summed E-state index contributed by atoms with van der Waals surface area (Å²) < 4.78 is 5.22. The van der Waals surface area contributed by atoms with E-state index in [0.29, 0.717) is 0 Å². The van der Waals surface area contributed by atoms with Gasteiger partial charge in [0.2, 0.25) is 0 Å². The molecule has 0 amide bonds. The summed E-state index contributed by atoms with van der Waals surface area (Å²) >= 11 is 0. The van der Waals surface area contributed by atoms with Crippen molar-refractivity contribution in [2.75, 3.05) is 0 Å². The summed E-state index contributed by atoms with van der Waals surface area (Å²) in [6, 6.07) is 0. The lowest BCUT2D eigenvalue weighted by atomic mass is 9.81. The third kappa shape index (κ3) is 1.55. The lowest BCUT2D eigenvalue weighted by Gasteiger charge is -2.22. The standard InChI is InChI=1S/C11H18O/c1-5-9-7-12-8-10(9)11(3,4)6-2/h7-8H,5-6H2,1-4H3. The van der Waals surface area contributed by atoms with Crippen LogP contribution in [0.2, 0.25) is 0 Å². The molecule has 0 N–H and O–H groups in total. The van der Waals surface area contributed by atoms with E-state index in [1.165, 1.54) is 11.1 Å². The first kappa shape index (κ1) is 9.37. The van der Waals surface area contributed by atoms with Gasteiger partial charge in [-0.3, -0.25) is 0 Å². The van der Waals surface area contributed by atoms with Gasteiger partial charge < -0.3 is 4.42 Å². The minimum atomic E-state index is 0.262. The average Bonchev–Trinajstić information content (AvgIpc) is 2.52. The second-order valence-electron chi connectivity index (χ2n) is 3.90. The smallest absolute Gasteiger partial charge is 0.0942 e. The molecular formula is C11H18O. The molecule has 1 heteroatoms. The first-order valence-electron chi connectivity index (χ1n) is 4.67. The summed E-state index contributed by atoms with van der Waals surface area (Å²) in [5.41, 5.74) is 2.98. The van der Waals surface area contributed by atoms with Crippen LogP contribution >= 0.6 is 0 Å². The normalized spacial score (nSPS) is 12.0. The third-order valence-corrected chi connectivity index (χ3v) is 2.74. The zero-order valence-corrected chi connectivity index (χ0v) is 8.48. The van der Waals surface area contributed by atoms with Crippen LogP contribution in [-0.4, -0.2) is 0 Å². The summed E-state index contributed by atoms with van der Waals surface area (Å²) in [6.07, 6.45) is 5.98. The van der Waals surface area contributed by atoms with E-state index >= 15 is 0 Å². The molecule has 0 spiro atoms. The van der Waals surface area contributed by atoms with Crippen molar-refractivity contribution in [3.05, 3.63) is 23.7 Å². The van der Waals surface area contributed by atoms with Crippen LogP contribution in [0, 0.1) is 0 Å². The van der Waals surface area contributed by atoms with Crippen molar-refractivity contribution in [3.8, 4) is 0 Å². The quantitative estimate of drug-likeness (QED) is 0.669. The maximum absolute atomic E-state index is 5.22. The van der Waals surface area contributed by atoms with E-state index in [1.54, 1.807) is 0 Å². The molecule has 0 fully saturated rings. The maximum Gasteiger partial charge on any atom is 0.0942 e. The highest BCUT2D eigenvalue weighted by Crippen LogP contribution is 2.30. The number of rotatable bonds is 3. The Bertz CT molecular complexity index is 245. The molecule has 0 aliphatic heterocycles. The molecule has 12 heavy (non-hydrogen) atoms. The van der Waals surface area contributed by atoms with Gasteiger partial charge in [0.15, 0.2) is 0 Å². The van der Waals surface area contributed by atoms with Gasteiger partial charge in [-0.25, -0.2) is 0 Å². The molecule has 1 nitrogen and oxygen atoms in total. The minimum Gasteiger partial charge on any atom is -0.472 e. The fraction of sp³-hybridized carbons (Fsp3) is 0.636. The first-order chi connectivity index (χ1) is 5.61. The molecule has 1 rings (SSSR count). The molecule has 1 aromatic rings. The van der Waals surface area contributed by atoms with Gasteiger partial charge in [0.25, 0.3) is 0 Å². The zero-order valence-electron chi connectivity index (χ0n) is 8.48. The number of hydrogen-bond acceptors (Lipinski definition) is 1. The lowest BCUT2D eigenvalue weighted by Crippen LogP contribution is -2.16. The number of aryl methyl sites for hydroxylation is 1. The fourth-order valence-corrected chi connectivity index (χ4v) is 1.38. The van der Waals surface area contributed by atoms with Crippen LogP contribution < -0.4 is 0 Å².